The molecule has 1 atom stereocenters. The Bertz CT molecular complexity index is 1090. The number of carbonyl (C=O) groups is 2. The molecule has 1 aliphatic rings. The zero-order valence-electron chi connectivity index (χ0n) is 17.6. The van der Waals surface area contributed by atoms with E-state index in [-0.39, 0.29) is 24.4 Å². The van der Waals surface area contributed by atoms with Crippen LogP contribution in [0.1, 0.15) is 47.4 Å². The van der Waals surface area contributed by atoms with Crippen LogP contribution in [-0.4, -0.2) is 41.5 Å². The molecular weight excluding hydrogens is 378 g/mol. The Balaban J connectivity index is 1.78. The molecular formula is C24H27N3O3. The Morgan fingerprint density at radius 1 is 1.13 bits per heavy atom. The number of fused-ring (bicyclic) bond motifs is 3. The van der Waals surface area contributed by atoms with E-state index in [4.69, 9.17) is 4.74 Å². The molecule has 1 N–H and O–H groups in total. The van der Waals surface area contributed by atoms with Gasteiger partial charge in [0.15, 0.2) is 0 Å². The van der Waals surface area contributed by atoms with Crippen molar-refractivity contribution in [2.24, 2.45) is 7.05 Å². The van der Waals surface area contributed by atoms with Crippen molar-refractivity contribution in [2.45, 2.75) is 25.8 Å². The van der Waals surface area contributed by atoms with Crippen LogP contribution < -0.4 is 10.1 Å². The van der Waals surface area contributed by atoms with Gasteiger partial charge in [-0.2, -0.15) is 0 Å². The third kappa shape index (κ3) is 3.32. The number of rotatable bonds is 7. The van der Waals surface area contributed by atoms with Gasteiger partial charge in [0.1, 0.15) is 18.0 Å². The van der Waals surface area contributed by atoms with E-state index in [1.165, 1.54) is 0 Å². The fourth-order valence-corrected chi connectivity index (χ4v) is 4.28. The summed E-state index contributed by atoms with van der Waals surface area (Å²) in [5.41, 5.74) is 3.59. The number of para-hydroxylation sites is 1. The fraction of sp³-hybridized carbons (Fsp3) is 0.333. The highest BCUT2D eigenvalue weighted by atomic mass is 16.5. The number of nitrogens with one attached hydrogen (secondary N) is 1. The van der Waals surface area contributed by atoms with Crippen molar-refractivity contribution in [1.82, 2.24) is 14.8 Å². The summed E-state index contributed by atoms with van der Waals surface area (Å²) in [6.45, 7) is 2.74. The molecule has 0 fully saturated rings. The quantitative estimate of drug-likeness (QED) is 0.611. The molecule has 6 nitrogen and oxygen atoms in total. The number of carbonyl (C=O) groups excluding carboxylic acids is 2. The molecule has 1 aromatic heterocycles. The molecule has 30 heavy (non-hydrogen) atoms. The lowest BCUT2D eigenvalue weighted by Gasteiger charge is -2.26. The number of benzene rings is 2. The minimum atomic E-state index is -0.318. The maximum atomic E-state index is 13.5. The van der Waals surface area contributed by atoms with Gasteiger partial charge in [0, 0.05) is 30.1 Å². The second kappa shape index (κ2) is 8.22. The van der Waals surface area contributed by atoms with E-state index in [1.807, 2.05) is 60.1 Å². The minimum Gasteiger partial charge on any atom is -0.497 e. The summed E-state index contributed by atoms with van der Waals surface area (Å²) >= 11 is 0. The van der Waals surface area contributed by atoms with Crippen LogP contribution in [0.3, 0.4) is 0 Å². The summed E-state index contributed by atoms with van der Waals surface area (Å²) in [7, 11) is 3.54. The molecule has 3 aromatic rings. The van der Waals surface area contributed by atoms with Crippen molar-refractivity contribution in [3.8, 4) is 5.75 Å². The van der Waals surface area contributed by atoms with Crippen LogP contribution in [0, 0.1) is 0 Å². The molecule has 0 aliphatic carbocycles. The topological polar surface area (TPSA) is 63.6 Å². The summed E-state index contributed by atoms with van der Waals surface area (Å²) in [5, 5.41) is 3.97. The SMILES string of the molecule is CCCCNC(=O)CN1C(=O)c2c(c3ccccc3n2C)[C@@H]1c1ccc(OC)cc1. The van der Waals surface area contributed by atoms with Crippen molar-refractivity contribution in [3.63, 3.8) is 0 Å². The van der Waals surface area contributed by atoms with Gasteiger partial charge < -0.3 is 19.5 Å². The van der Waals surface area contributed by atoms with Crippen LogP contribution in [-0.2, 0) is 11.8 Å². The standard InChI is InChI=1S/C24H27N3O3/c1-4-5-14-25-20(28)15-27-22(16-10-12-17(30-3)13-11-16)21-18-8-6-7-9-19(18)26(2)23(21)24(27)29/h6-13,22H,4-5,14-15H2,1-3H3,(H,25,28)/t22-/m0/s1. The summed E-state index contributed by atoms with van der Waals surface area (Å²) < 4.78 is 7.24. The highest BCUT2D eigenvalue weighted by Gasteiger charge is 2.42. The minimum absolute atomic E-state index is 0.0300. The first-order valence-corrected chi connectivity index (χ1v) is 10.4. The third-order valence-corrected chi connectivity index (χ3v) is 5.79. The molecule has 1 aliphatic heterocycles. The largest absolute Gasteiger partial charge is 0.497 e. The van der Waals surface area contributed by atoms with Crippen LogP contribution in [0.4, 0.5) is 0 Å². The molecule has 6 heteroatoms. The Morgan fingerprint density at radius 3 is 2.57 bits per heavy atom. The van der Waals surface area contributed by atoms with Gasteiger partial charge in [-0.3, -0.25) is 9.59 Å². The molecule has 0 saturated heterocycles. The highest BCUT2D eigenvalue weighted by molar-refractivity contribution is 6.07. The zero-order chi connectivity index (χ0) is 21.3. The van der Waals surface area contributed by atoms with E-state index >= 15 is 0 Å². The smallest absolute Gasteiger partial charge is 0.272 e. The van der Waals surface area contributed by atoms with Crippen LogP contribution in [0.25, 0.3) is 10.9 Å². The molecule has 2 amide bonds. The van der Waals surface area contributed by atoms with Crippen molar-refractivity contribution in [1.29, 1.82) is 0 Å². The predicted molar refractivity (Wildman–Crippen MR) is 117 cm³/mol. The van der Waals surface area contributed by atoms with E-state index in [9.17, 15) is 9.59 Å². The molecule has 0 unspecified atom stereocenters. The van der Waals surface area contributed by atoms with E-state index in [1.54, 1.807) is 12.0 Å². The molecule has 4 rings (SSSR count). The maximum absolute atomic E-state index is 13.5. The van der Waals surface area contributed by atoms with Gasteiger partial charge in [-0.25, -0.2) is 0 Å². The highest BCUT2D eigenvalue weighted by Crippen LogP contribution is 2.43. The Hall–Kier alpha value is -3.28. The summed E-state index contributed by atoms with van der Waals surface area (Å²) in [6.07, 6.45) is 1.93. The van der Waals surface area contributed by atoms with Crippen LogP contribution in [0.15, 0.2) is 48.5 Å². The van der Waals surface area contributed by atoms with Gasteiger partial charge >= 0.3 is 0 Å². The lowest BCUT2D eigenvalue weighted by Crippen LogP contribution is -2.40. The second-order valence-corrected chi connectivity index (χ2v) is 7.65. The fourth-order valence-electron chi connectivity index (χ4n) is 4.28. The van der Waals surface area contributed by atoms with Gasteiger partial charge in [0.05, 0.1) is 13.2 Å². The molecule has 0 bridgehead atoms. The Labute approximate surface area is 176 Å². The van der Waals surface area contributed by atoms with Crippen LogP contribution >= 0.6 is 0 Å². The lowest BCUT2D eigenvalue weighted by atomic mass is 9.98. The normalized spacial score (nSPS) is 15.5. The molecule has 0 radical (unpaired) electrons. The van der Waals surface area contributed by atoms with Gasteiger partial charge in [-0.15, -0.1) is 0 Å². The lowest BCUT2D eigenvalue weighted by molar-refractivity contribution is -0.122. The maximum Gasteiger partial charge on any atom is 0.272 e. The third-order valence-electron chi connectivity index (χ3n) is 5.79. The second-order valence-electron chi connectivity index (χ2n) is 7.65. The van der Waals surface area contributed by atoms with Gasteiger partial charge in [0.25, 0.3) is 5.91 Å². The van der Waals surface area contributed by atoms with Gasteiger partial charge in [0.2, 0.25) is 5.91 Å². The van der Waals surface area contributed by atoms with Crippen molar-refractivity contribution < 1.29 is 14.3 Å². The van der Waals surface area contributed by atoms with E-state index in [0.717, 1.165) is 40.6 Å². The Morgan fingerprint density at radius 2 is 1.87 bits per heavy atom. The summed E-state index contributed by atoms with van der Waals surface area (Å²) in [4.78, 5) is 27.7. The molecule has 2 heterocycles. The first kappa shape index (κ1) is 20.0. The number of ether oxygens (including phenoxy) is 1. The number of amides is 2. The first-order valence-electron chi connectivity index (χ1n) is 10.4. The van der Waals surface area contributed by atoms with Crippen molar-refractivity contribution in [3.05, 3.63) is 65.4 Å². The van der Waals surface area contributed by atoms with Crippen molar-refractivity contribution >= 4 is 22.7 Å². The number of aromatic nitrogens is 1. The summed E-state index contributed by atoms with van der Waals surface area (Å²) in [5.74, 6) is 0.507. The number of hydrogen-bond donors (Lipinski definition) is 1. The average Bonchev–Trinajstić information content (AvgIpc) is 3.21. The molecule has 2 aromatic carbocycles. The molecule has 156 valence electrons. The van der Waals surface area contributed by atoms with Crippen LogP contribution in [0.2, 0.25) is 0 Å². The number of nitrogens with zero attached hydrogens (tertiary/aromatic N) is 2. The average molecular weight is 405 g/mol. The number of hydrogen-bond acceptors (Lipinski definition) is 3. The van der Waals surface area contributed by atoms with Gasteiger partial charge in [-0.05, 0) is 30.2 Å². The van der Waals surface area contributed by atoms with E-state index < -0.39 is 0 Å². The van der Waals surface area contributed by atoms with Gasteiger partial charge in [-0.1, -0.05) is 43.7 Å². The molecule has 0 spiro atoms. The predicted octanol–water partition coefficient (Wildman–Crippen LogP) is 3.65. The van der Waals surface area contributed by atoms with E-state index in [2.05, 4.69) is 12.2 Å². The monoisotopic (exact) mass is 405 g/mol. The first-order chi connectivity index (χ1) is 14.6. The van der Waals surface area contributed by atoms with E-state index in [0.29, 0.717) is 12.2 Å². The van der Waals surface area contributed by atoms with Crippen LogP contribution in [0.5, 0.6) is 5.75 Å². The Kier molecular flexibility index (Phi) is 5.48. The van der Waals surface area contributed by atoms with Crippen molar-refractivity contribution in [2.75, 3.05) is 20.2 Å². The number of unbranched alkanes of at least 4 members (excludes halogenated alkanes) is 1. The number of aryl methyl sites for hydroxylation is 1. The molecule has 0 saturated carbocycles. The number of methoxy groups -OCH3 is 1. The summed E-state index contributed by atoms with van der Waals surface area (Å²) in [6, 6.07) is 15.4. The zero-order valence-corrected chi connectivity index (χ0v) is 17.6.